The van der Waals surface area contributed by atoms with Crippen LogP contribution in [0.2, 0.25) is 0 Å². The summed E-state index contributed by atoms with van der Waals surface area (Å²) in [6.45, 7) is 1.10. The Morgan fingerprint density at radius 2 is 1.57 bits per heavy atom. The first-order valence-electron chi connectivity index (χ1n) is 16.9. The summed E-state index contributed by atoms with van der Waals surface area (Å²) in [7, 11) is 5.31. The highest BCUT2D eigenvalue weighted by Crippen LogP contribution is 2.75. The lowest BCUT2D eigenvalue weighted by molar-refractivity contribution is -0.0905. The van der Waals surface area contributed by atoms with Crippen molar-refractivity contribution < 1.29 is 23.5 Å². The summed E-state index contributed by atoms with van der Waals surface area (Å²) >= 11 is 9.50. The molecule has 0 saturated carbocycles. The summed E-state index contributed by atoms with van der Waals surface area (Å²) in [5, 5.41) is 0. The third kappa shape index (κ3) is 7.81. The molecule has 10 nitrogen and oxygen atoms in total. The van der Waals surface area contributed by atoms with E-state index in [4.69, 9.17) is 35.3 Å². The van der Waals surface area contributed by atoms with E-state index in [2.05, 4.69) is 27.0 Å². The van der Waals surface area contributed by atoms with Gasteiger partial charge in [-0.15, -0.1) is 0 Å². The van der Waals surface area contributed by atoms with Crippen molar-refractivity contribution in [3.05, 3.63) is 118 Å². The Morgan fingerprint density at radius 3 is 2.14 bits per heavy atom. The second kappa shape index (κ2) is 15.8. The van der Waals surface area contributed by atoms with Gasteiger partial charge in [0, 0.05) is 44.1 Å². The van der Waals surface area contributed by atoms with E-state index in [-0.39, 0.29) is 6.61 Å². The lowest BCUT2D eigenvalue weighted by Gasteiger charge is -2.37. The molecular formula is C37H41N4O6PS3. The summed E-state index contributed by atoms with van der Waals surface area (Å²) in [6, 6.07) is 27.7. The summed E-state index contributed by atoms with van der Waals surface area (Å²) in [5.41, 5.74) is 1.28. The van der Waals surface area contributed by atoms with Gasteiger partial charge in [-0.2, -0.15) is 4.98 Å². The van der Waals surface area contributed by atoms with E-state index in [1.54, 1.807) is 49.2 Å². The first-order chi connectivity index (χ1) is 24.8. The number of rotatable bonds is 12. The summed E-state index contributed by atoms with van der Waals surface area (Å²) in [6.07, 6.45) is 2.50. The lowest BCUT2D eigenvalue weighted by atomic mass is 9.80. The van der Waals surface area contributed by atoms with Crippen LogP contribution >= 0.6 is 27.4 Å². The molecule has 0 spiro atoms. The number of amidine groups is 1. The molecule has 0 radical (unpaired) electrons. The molecule has 1 aromatic heterocycles. The zero-order chi connectivity index (χ0) is 35.4. The van der Waals surface area contributed by atoms with Gasteiger partial charge in [-0.05, 0) is 65.2 Å². The standard InChI is InChI=1S/C37H41N4O6PS3/c1-40-20-7-10-34(40)38-33-19-21-41(36(42)39-33)35-24-31(47-48(49)50-22-23-51-48)32(46-35)25-45-37(26-8-5-4-6-9-26,27-11-15-29(43-2)16-12-27)28-13-17-30(44-3)18-14-28/h4-6,8-9,11-19,21,31-32,35H,7,10,20,22-25H2,1-3H3/t31-,32+,35+/m0/s1. The number of nitrogens with zero attached hydrogens (tertiary/aromatic N) is 4. The maximum Gasteiger partial charge on any atom is 0.351 e. The number of aliphatic imine (C=N–C) groups is 1. The normalized spacial score (nSPS) is 22.5. The largest absolute Gasteiger partial charge is 0.497 e. The molecule has 3 fully saturated rings. The molecule has 14 heteroatoms. The van der Waals surface area contributed by atoms with Crippen LogP contribution in [0.4, 0.5) is 5.82 Å². The molecule has 0 unspecified atom stereocenters. The number of methoxy groups -OCH3 is 2. The van der Waals surface area contributed by atoms with E-state index in [1.807, 2.05) is 73.8 Å². The van der Waals surface area contributed by atoms with Gasteiger partial charge in [0.05, 0.1) is 26.9 Å². The van der Waals surface area contributed by atoms with Crippen molar-refractivity contribution in [2.75, 3.05) is 45.9 Å². The minimum absolute atomic E-state index is 0.152. The van der Waals surface area contributed by atoms with Crippen molar-refractivity contribution >= 4 is 50.9 Å². The predicted molar refractivity (Wildman–Crippen MR) is 208 cm³/mol. The van der Waals surface area contributed by atoms with Gasteiger partial charge in [0.25, 0.3) is 0 Å². The number of hydrogen-bond acceptors (Lipinski definition) is 11. The molecule has 0 aliphatic carbocycles. The fourth-order valence-corrected chi connectivity index (χ4v) is 16.1. The van der Waals surface area contributed by atoms with Crippen LogP contribution in [0.25, 0.3) is 0 Å². The van der Waals surface area contributed by atoms with Crippen molar-refractivity contribution in [3.63, 3.8) is 0 Å². The van der Waals surface area contributed by atoms with E-state index in [0.717, 1.165) is 64.9 Å². The minimum Gasteiger partial charge on any atom is -0.497 e. The molecule has 3 aliphatic rings. The zero-order valence-electron chi connectivity index (χ0n) is 28.8. The molecule has 51 heavy (non-hydrogen) atoms. The fourth-order valence-electron chi connectivity index (χ4n) is 6.73. The number of likely N-dealkylation sites (tertiary alicyclic amines) is 1. The van der Waals surface area contributed by atoms with Crippen LogP contribution < -0.4 is 15.2 Å². The second-order valence-electron chi connectivity index (χ2n) is 12.5. The quantitative estimate of drug-likeness (QED) is 0.107. The topological polar surface area (TPSA) is 96.6 Å². The Kier molecular flexibility index (Phi) is 11.2. The monoisotopic (exact) mass is 764 g/mol. The molecule has 268 valence electrons. The molecular weight excluding hydrogens is 724 g/mol. The fraction of sp³-hybridized carbons (Fsp3) is 0.378. The summed E-state index contributed by atoms with van der Waals surface area (Å²) < 4.78 is 31.1. The predicted octanol–water partition coefficient (Wildman–Crippen LogP) is 7.40. The van der Waals surface area contributed by atoms with Crippen LogP contribution in [-0.2, 0) is 31.4 Å². The van der Waals surface area contributed by atoms with Gasteiger partial charge in [-0.25, -0.2) is 9.79 Å². The SMILES string of the molecule is COc1ccc(C(OC[C@H]2O[C@@H](n3ccc(N=C4CCCN4C)nc3=O)C[C@@H]2OP2(=S)SCCS2)(c2ccccc2)c2ccc(OC)cc2)cc1. The van der Waals surface area contributed by atoms with Gasteiger partial charge < -0.3 is 28.4 Å². The average molecular weight is 765 g/mol. The van der Waals surface area contributed by atoms with Crippen molar-refractivity contribution in [3.8, 4) is 11.5 Å². The van der Waals surface area contributed by atoms with Gasteiger partial charge in [0.2, 0.25) is 0 Å². The van der Waals surface area contributed by atoms with Gasteiger partial charge in [0.15, 0.2) is 10.5 Å². The van der Waals surface area contributed by atoms with Gasteiger partial charge in [-0.1, -0.05) is 77.4 Å². The van der Waals surface area contributed by atoms with E-state index in [1.165, 1.54) is 4.57 Å². The van der Waals surface area contributed by atoms with Crippen LogP contribution in [0.3, 0.4) is 0 Å². The minimum atomic E-state index is -2.20. The van der Waals surface area contributed by atoms with Gasteiger partial charge in [-0.3, -0.25) is 4.57 Å². The lowest BCUT2D eigenvalue weighted by Crippen LogP contribution is -2.38. The Hall–Kier alpha value is -3.16. The van der Waals surface area contributed by atoms with Crippen LogP contribution in [0.15, 0.2) is 101 Å². The van der Waals surface area contributed by atoms with Crippen molar-refractivity contribution in [2.24, 2.45) is 4.99 Å². The first kappa shape index (κ1) is 36.2. The molecule has 0 amide bonds. The molecule has 0 N–H and O–H groups in total. The molecule has 3 saturated heterocycles. The second-order valence-corrected chi connectivity index (χ2v) is 23.2. The highest BCUT2D eigenvalue weighted by Gasteiger charge is 2.45. The maximum absolute atomic E-state index is 13.5. The molecule has 0 bridgehead atoms. The average Bonchev–Trinajstić information content (AvgIpc) is 3.89. The van der Waals surface area contributed by atoms with E-state index in [9.17, 15) is 4.79 Å². The summed E-state index contributed by atoms with van der Waals surface area (Å²) in [4.78, 5) is 24.5. The number of benzene rings is 3. The highest BCUT2D eigenvalue weighted by atomic mass is 33.2. The van der Waals surface area contributed by atoms with Crippen LogP contribution in [0.5, 0.6) is 11.5 Å². The third-order valence-electron chi connectivity index (χ3n) is 9.37. The molecule has 3 atom stereocenters. The van der Waals surface area contributed by atoms with Crippen LogP contribution in [-0.4, -0.2) is 78.4 Å². The van der Waals surface area contributed by atoms with Gasteiger partial charge in [0.1, 0.15) is 35.3 Å². The first-order valence-corrected chi connectivity index (χ1v) is 22.8. The third-order valence-corrected chi connectivity index (χ3v) is 19.1. The molecule has 3 aliphatic heterocycles. The summed E-state index contributed by atoms with van der Waals surface area (Å²) in [5.74, 6) is 4.72. The van der Waals surface area contributed by atoms with E-state index >= 15 is 0 Å². The smallest absolute Gasteiger partial charge is 0.351 e. The number of hydrogen-bond donors (Lipinski definition) is 0. The molecule has 4 heterocycles. The van der Waals surface area contributed by atoms with Crippen molar-refractivity contribution in [2.45, 2.75) is 43.3 Å². The number of aromatic nitrogens is 2. The Labute approximate surface area is 311 Å². The number of ether oxygens (including phenoxy) is 4. The highest BCUT2D eigenvalue weighted by molar-refractivity contribution is 9.00. The maximum atomic E-state index is 13.5. The zero-order valence-corrected chi connectivity index (χ0v) is 32.1. The van der Waals surface area contributed by atoms with Gasteiger partial charge >= 0.3 is 5.69 Å². The Bertz CT molecular complexity index is 1890. The van der Waals surface area contributed by atoms with Crippen LogP contribution in [0.1, 0.15) is 42.2 Å². The molecule has 3 aromatic carbocycles. The van der Waals surface area contributed by atoms with Crippen LogP contribution in [0, 0.1) is 0 Å². The Balaban J connectivity index is 1.24. The van der Waals surface area contributed by atoms with E-state index in [0.29, 0.717) is 12.2 Å². The van der Waals surface area contributed by atoms with Crippen molar-refractivity contribution in [1.82, 2.24) is 14.5 Å². The molecule has 4 aromatic rings. The van der Waals surface area contributed by atoms with E-state index < -0.39 is 34.4 Å². The Morgan fingerprint density at radius 1 is 0.941 bits per heavy atom. The van der Waals surface area contributed by atoms with Crippen molar-refractivity contribution in [1.29, 1.82) is 0 Å². The molecule has 7 rings (SSSR count).